The van der Waals surface area contributed by atoms with Crippen molar-refractivity contribution in [3.63, 3.8) is 0 Å². The Hall–Kier alpha value is -2.45. The zero-order chi connectivity index (χ0) is 18.0. The number of nitrogens with one attached hydrogen (secondary N) is 1. The first-order valence-electron chi connectivity index (χ1n) is 6.89. The number of nitrogens with zero attached hydrogens (tertiary/aromatic N) is 2. The summed E-state index contributed by atoms with van der Waals surface area (Å²) in [5.41, 5.74) is 0.205. The van der Waals surface area contributed by atoms with Gasteiger partial charge in [-0.3, -0.25) is 10.1 Å². The number of hydrogen-bond acceptors (Lipinski definition) is 4. The van der Waals surface area contributed by atoms with E-state index in [-0.39, 0.29) is 10.3 Å². The fourth-order valence-electron chi connectivity index (χ4n) is 2.00. The van der Waals surface area contributed by atoms with Gasteiger partial charge in [-0.25, -0.2) is 9.97 Å². The third-order valence-corrected chi connectivity index (χ3v) is 4.18. The number of amides is 1. The molecule has 1 amide bonds. The fraction of sp³-hybridized carbons (Fsp3) is 0.0625. The van der Waals surface area contributed by atoms with E-state index in [1.54, 1.807) is 5.38 Å². The molecule has 9 heteroatoms. The maximum atomic E-state index is 12.8. The number of benzene rings is 1. The normalized spacial score (nSPS) is 11.4. The lowest BCUT2D eigenvalue weighted by Crippen LogP contribution is -2.11. The molecule has 3 rings (SSSR count). The van der Waals surface area contributed by atoms with Crippen LogP contribution in [0.4, 0.5) is 18.3 Å². The summed E-state index contributed by atoms with van der Waals surface area (Å²) >= 11 is 6.77. The first-order valence-corrected chi connectivity index (χ1v) is 8.15. The lowest BCUT2D eigenvalue weighted by atomic mass is 10.1. The van der Waals surface area contributed by atoms with Gasteiger partial charge in [0, 0.05) is 17.1 Å². The topological polar surface area (TPSA) is 54.9 Å². The maximum Gasteiger partial charge on any atom is 0.416 e. The molecule has 0 unspecified atom stereocenters. The number of anilines is 1. The van der Waals surface area contributed by atoms with Crippen molar-refractivity contribution in [2.24, 2.45) is 0 Å². The molecule has 0 spiro atoms. The minimum Gasteiger partial charge on any atom is -0.298 e. The van der Waals surface area contributed by atoms with E-state index in [9.17, 15) is 18.0 Å². The van der Waals surface area contributed by atoms with Gasteiger partial charge in [-0.05, 0) is 24.3 Å². The second-order valence-electron chi connectivity index (χ2n) is 4.94. The third kappa shape index (κ3) is 4.15. The van der Waals surface area contributed by atoms with Gasteiger partial charge < -0.3 is 0 Å². The minimum absolute atomic E-state index is 0.262. The molecule has 0 saturated heterocycles. The van der Waals surface area contributed by atoms with Gasteiger partial charge in [0.1, 0.15) is 5.15 Å². The Kier molecular flexibility index (Phi) is 4.73. The van der Waals surface area contributed by atoms with Crippen LogP contribution in [0, 0.1) is 0 Å². The summed E-state index contributed by atoms with van der Waals surface area (Å²) in [4.78, 5) is 20.0. The second-order valence-corrected chi connectivity index (χ2v) is 6.19. The van der Waals surface area contributed by atoms with E-state index < -0.39 is 17.6 Å². The molecule has 1 aromatic carbocycles. The fourth-order valence-corrected chi connectivity index (χ4v) is 2.82. The van der Waals surface area contributed by atoms with Crippen LogP contribution < -0.4 is 5.32 Å². The maximum absolute atomic E-state index is 12.8. The number of aromatic nitrogens is 2. The summed E-state index contributed by atoms with van der Waals surface area (Å²) < 4.78 is 38.4. The van der Waals surface area contributed by atoms with E-state index in [1.165, 1.54) is 30.5 Å². The van der Waals surface area contributed by atoms with Crippen molar-refractivity contribution in [3.05, 3.63) is 64.3 Å². The van der Waals surface area contributed by atoms with Gasteiger partial charge >= 0.3 is 6.18 Å². The van der Waals surface area contributed by atoms with E-state index in [2.05, 4.69) is 15.3 Å². The van der Waals surface area contributed by atoms with Crippen LogP contribution in [-0.4, -0.2) is 15.9 Å². The third-order valence-electron chi connectivity index (χ3n) is 3.20. The van der Waals surface area contributed by atoms with Crippen molar-refractivity contribution in [2.75, 3.05) is 5.32 Å². The highest BCUT2D eigenvalue weighted by Gasteiger charge is 2.30. The molecule has 128 valence electrons. The van der Waals surface area contributed by atoms with Crippen molar-refractivity contribution in [2.45, 2.75) is 6.18 Å². The summed E-state index contributed by atoms with van der Waals surface area (Å²) in [5.74, 6) is -0.436. The monoisotopic (exact) mass is 383 g/mol. The van der Waals surface area contributed by atoms with Gasteiger partial charge in [0.2, 0.25) is 0 Å². The molecule has 1 N–H and O–H groups in total. The zero-order valence-corrected chi connectivity index (χ0v) is 13.9. The Balaban J connectivity index is 1.79. The van der Waals surface area contributed by atoms with Crippen LogP contribution >= 0.6 is 22.9 Å². The van der Waals surface area contributed by atoms with Crippen molar-refractivity contribution in [1.29, 1.82) is 0 Å². The number of alkyl halides is 3. The van der Waals surface area contributed by atoms with Crippen molar-refractivity contribution < 1.29 is 18.0 Å². The van der Waals surface area contributed by atoms with Crippen molar-refractivity contribution in [3.8, 4) is 11.3 Å². The highest BCUT2D eigenvalue weighted by Crippen LogP contribution is 2.33. The molecule has 4 nitrogen and oxygen atoms in total. The Labute approximate surface area is 149 Å². The Morgan fingerprint density at radius 1 is 1.20 bits per heavy atom. The summed E-state index contributed by atoms with van der Waals surface area (Å²) in [6.45, 7) is 0. The molecule has 0 radical (unpaired) electrons. The molecule has 0 atom stereocenters. The molecule has 25 heavy (non-hydrogen) atoms. The molecule has 2 heterocycles. The summed E-state index contributed by atoms with van der Waals surface area (Å²) in [6, 6.07) is 7.84. The largest absolute Gasteiger partial charge is 0.416 e. The smallest absolute Gasteiger partial charge is 0.298 e. The van der Waals surface area contributed by atoms with E-state index >= 15 is 0 Å². The number of pyridine rings is 1. The number of hydrogen-bond donors (Lipinski definition) is 1. The van der Waals surface area contributed by atoms with Crippen molar-refractivity contribution in [1.82, 2.24) is 9.97 Å². The van der Waals surface area contributed by atoms with E-state index in [0.29, 0.717) is 16.8 Å². The summed E-state index contributed by atoms with van der Waals surface area (Å²) in [7, 11) is 0. The predicted molar refractivity (Wildman–Crippen MR) is 89.8 cm³/mol. The molecule has 0 fully saturated rings. The lowest BCUT2D eigenvalue weighted by molar-refractivity contribution is -0.137. The number of rotatable bonds is 3. The van der Waals surface area contributed by atoms with Crippen LogP contribution in [0.3, 0.4) is 0 Å². The van der Waals surface area contributed by atoms with Crippen LogP contribution in [0.2, 0.25) is 5.15 Å². The van der Waals surface area contributed by atoms with Crippen LogP contribution in [0.1, 0.15) is 15.9 Å². The van der Waals surface area contributed by atoms with Gasteiger partial charge in [-0.2, -0.15) is 13.2 Å². The Bertz CT molecular complexity index is 909. The minimum atomic E-state index is -4.43. The van der Waals surface area contributed by atoms with E-state index in [4.69, 9.17) is 11.6 Å². The quantitative estimate of drug-likeness (QED) is 0.638. The summed E-state index contributed by atoms with van der Waals surface area (Å²) in [6.07, 6.45) is -3.11. The highest BCUT2D eigenvalue weighted by atomic mass is 35.5. The summed E-state index contributed by atoms with van der Waals surface area (Å²) in [5, 5.41) is 4.68. The predicted octanol–water partition coefficient (Wildman–Crippen LogP) is 5.13. The standard InChI is InChI=1S/C16H9ClF3N3OS/c17-13-5-4-10(7-21-13)14(24)23-15-22-12(8-25-15)9-2-1-3-11(6-9)16(18,19)20/h1-8H,(H,22,23,24). The molecule has 2 aromatic heterocycles. The molecule has 0 aliphatic rings. The van der Waals surface area contributed by atoms with Gasteiger partial charge in [0.15, 0.2) is 5.13 Å². The second kappa shape index (κ2) is 6.81. The number of thiazole rings is 1. The molecule has 3 aromatic rings. The Morgan fingerprint density at radius 3 is 2.68 bits per heavy atom. The van der Waals surface area contributed by atoms with Gasteiger partial charge in [0.25, 0.3) is 5.91 Å². The number of carbonyl (C=O) groups excluding carboxylic acids is 1. The first kappa shape index (κ1) is 17.4. The lowest BCUT2D eigenvalue weighted by Gasteiger charge is -2.07. The zero-order valence-electron chi connectivity index (χ0n) is 12.3. The van der Waals surface area contributed by atoms with E-state index in [0.717, 1.165) is 23.5 Å². The average molecular weight is 384 g/mol. The molecule has 0 bridgehead atoms. The van der Waals surface area contributed by atoms with Gasteiger partial charge in [-0.15, -0.1) is 11.3 Å². The van der Waals surface area contributed by atoms with Crippen molar-refractivity contribution >= 4 is 34.0 Å². The van der Waals surface area contributed by atoms with Gasteiger partial charge in [-0.1, -0.05) is 23.7 Å². The molecule has 0 aliphatic carbocycles. The van der Waals surface area contributed by atoms with Gasteiger partial charge in [0.05, 0.1) is 16.8 Å². The molecular weight excluding hydrogens is 375 g/mol. The molecule has 0 aliphatic heterocycles. The molecule has 0 saturated carbocycles. The Morgan fingerprint density at radius 2 is 2.00 bits per heavy atom. The average Bonchev–Trinajstić information content (AvgIpc) is 3.03. The van der Waals surface area contributed by atoms with Crippen LogP contribution in [-0.2, 0) is 6.18 Å². The number of halogens is 4. The first-order chi connectivity index (χ1) is 11.8. The van der Waals surface area contributed by atoms with Crippen LogP contribution in [0.25, 0.3) is 11.3 Å². The highest BCUT2D eigenvalue weighted by molar-refractivity contribution is 7.14. The number of carbonyl (C=O) groups is 1. The van der Waals surface area contributed by atoms with Crippen LogP contribution in [0.5, 0.6) is 0 Å². The molecular formula is C16H9ClF3N3OS. The SMILES string of the molecule is O=C(Nc1nc(-c2cccc(C(F)(F)F)c2)cs1)c1ccc(Cl)nc1. The van der Waals surface area contributed by atoms with E-state index in [1.807, 2.05) is 0 Å². The van der Waals surface area contributed by atoms with Crippen LogP contribution in [0.15, 0.2) is 48.0 Å².